The average Bonchev–Trinajstić information content (AvgIpc) is 2.47. The van der Waals surface area contributed by atoms with Crippen LogP contribution in [0.2, 0.25) is 0 Å². The van der Waals surface area contributed by atoms with Crippen molar-refractivity contribution in [2.45, 2.75) is 65.0 Å². The Kier molecular flexibility index (Phi) is 8.64. The summed E-state index contributed by atoms with van der Waals surface area (Å²) in [6.45, 7) is 8.94. The molecule has 22 heavy (non-hydrogen) atoms. The summed E-state index contributed by atoms with van der Waals surface area (Å²) < 4.78 is 0. The van der Waals surface area contributed by atoms with Crippen LogP contribution in [0.25, 0.3) is 0 Å². The van der Waals surface area contributed by atoms with E-state index in [0.29, 0.717) is 0 Å². The van der Waals surface area contributed by atoms with Crippen molar-refractivity contribution >= 4 is 11.7 Å². The quantitative estimate of drug-likeness (QED) is 0.678. The van der Waals surface area contributed by atoms with E-state index >= 15 is 0 Å². The van der Waals surface area contributed by atoms with Gasteiger partial charge in [0.15, 0.2) is 5.78 Å². The molecule has 1 amide bonds. The third-order valence-corrected chi connectivity index (χ3v) is 4.48. The monoisotopic (exact) mass is 311 g/mol. The van der Waals surface area contributed by atoms with E-state index in [4.69, 9.17) is 0 Å². The number of rotatable bonds is 9. The predicted molar refractivity (Wildman–Crippen MR) is 89.8 cm³/mol. The van der Waals surface area contributed by atoms with Gasteiger partial charge >= 0.3 is 0 Å². The lowest BCUT2D eigenvalue weighted by Gasteiger charge is -2.27. The molecule has 5 heteroatoms. The van der Waals surface area contributed by atoms with E-state index in [2.05, 4.69) is 15.5 Å². The minimum absolute atomic E-state index is 0.0469. The summed E-state index contributed by atoms with van der Waals surface area (Å²) in [5, 5.41) is 5.94. The normalized spacial score (nSPS) is 19.0. The first-order chi connectivity index (χ1) is 10.5. The van der Waals surface area contributed by atoms with Crippen LogP contribution in [-0.2, 0) is 9.59 Å². The highest BCUT2D eigenvalue weighted by atomic mass is 16.2. The van der Waals surface area contributed by atoms with Gasteiger partial charge < -0.3 is 15.5 Å². The van der Waals surface area contributed by atoms with Crippen molar-refractivity contribution < 1.29 is 9.59 Å². The van der Waals surface area contributed by atoms with E-state index in [1.165, 1.54) is 32.4 Å². The van der Waals surface area contributed by atoms with E-state index in [9.17, 15) is 9.59 Å². The van der Waals surface area contributed by atoms with Crippen molar-refractivity contribution in [3.05, 3.63) is 0 Å². The van der Waals surface area contributed by atoms with Crippen molar-refractivity contribution in [2.24, 2.45) is 5.92 Å². The molecule has 2 N–H and O–H groups in total. The highest BCUT2D eigenvalue weighted by Gasteiger charge is 2.24. The van der Waals surface area contributed by atoms with Gasteiger partial charge in [-0.05, 0) is 65.2 Å². The summed E-state index contributed by atoms with van der Waals surface area (Å²) >= 11 is 0. The number of Topliss-reactive ketones (excluding diaryl/α,β-unsaturated/α-hetero) is 1. The Bertz CT molecular complexity index is 352. The van der Waals surface area contributed by atoms with E-state index < -0.39 is 0 Å². The second-order valence-corrected chi connectivity index (χ2v) is 6.73. The van der Waals surface area contributed by atoms with Gasteiger partial charge in [0.05, 0.1) is 12.1 Å². The van der Waals surface area contributed by atoms with E-state index in [0.717, 1.165) is 19.4 Å². The van der Waals surface area contributed by atoms with Gasteiger partial charge in [-0.3, -0.25) is 9.59 Å². The second kappa shape index (κ2) is 9.95. The van der Waals surface area contributed by atoms with E-state index in [1.54, 1.807) is 14.0 Å². The third kappa shape index (κ3) is 6.44. The molecule has 1 aliphatic heterocycles. The lowest BCUT2D eigenvalue weighted by Crippen LogP contribution is -2.51. The zero-order valence-corrected chi connectivity index (χ0v) is 14.7. The van der Waals surface area contributed by atoms with Crippen LogP contribution in [0.4, 0.5) is 0 Å². The minimum Gasteiger partial charge on any atom is -0.345 e. The average molecular weight is 311 g/mol. The molecule has 1 aliphatic rings. The number of hydrogen-bond acceptors (Lipinski definition) is 4. The lowest BCUT2D eigenvalue weighted by atomic mass is 10.0. The van der Waals surface area contributed by atoms with Crippen LogP contribution in [0.15, 0.2) is 0 Å². The zero-order valence-electron chi connectivity index (χ0n) is 14.7. The molecule has 1 saturated heterocycles. The minimum atomic E-state index is -0.355. The van der Waals surface area contributed by atoms with Gasteiger partial charge in [0.2, 0.25) is 5.91 Å². The largest absolute Gasteiger partial charge is 0.345 e. The third-order valence-electron chi connectivity index (χ3n) is 4.48. The van der Waals surface area contributed by atoms with Gasteiger partial charge in [0.25, 0.3) is 0 Å². The molecule has 1 heterocycles. The topological polar surface area (TPSA) is 61.4 Å². The molecule has 1 fully saturated rings. The van der Waals surface area contributed by atoms with E-state index in [-0.39, 0.29) is 29.7 Å². The van der Waals surface area contributed by atoms with Gasteiger partial charge in [-0.2, -0.15) is 0 Å². The molecular formula is C17H33N3O2. The maximum atomic E-state index is 12.3. The van der Waals surface area contributed by atoms with Crippen molar-refractivity contribution in [3.8, 4) is 0 Å². The number of amides is 1. The number of ketones is 1. The summed E-state index contributed by atoms with van der Waals surface area (Å²) in [7, 11) is 1.78. The molecule has 2 atom stereocenters. The fourth-order valence-corrected chi connectivity index (χ4v) is 3.11. The number of carbonyl (C=O) groups is 2. The molecule has 0 aromatic heterocycles. The smallest absolute Gasteiger partial charge is 0.237 e. The highest BCUT2D eigenvalue weighted by molar-refractivity contribution is 5.89. The molecule has 128 valence electrons. The first-order valence-corrected chi connectivity index (χ1v) is 8.66. The summed E-state index contributed by atoms with van der Waals surface area (Å²) in [4.78, 5) is 26.5. The van der Waals surface area contributed by atoms with E-state index in [1.807, 2.05) is 13.8 Å². The molecule has 0 radical (unpaired) electrons. The number of hydrogen-bond donors (Lipinski definition) is 2. The Morgan fingerprint density at radius 1 is 1.14 bits per heavy atom. The molecule has 0 spiro atoms. The van der Waals surface area contributed by atoms with Crippen molar-refractivity contribution in [3.63, 3.8) is 0 Å². The second-order valence-electron chi connectivity index (χ2n) is 6.73. The summed E-state index contributed by atoms with van der Waals surface area (Å²) in [5.74, 6) is 0.173. The molecule has 0 bridgehead atoms. The van der Waals surface area contributed by atoms with Gasteiger partial charge in [-0.15, -0.1) is 0 Å². The first kappa shape index (κ1) is 19.1. The Balaban J connectivity index is 2.40. The Labute approximate surface area is 135 Å². The van der Waals surface area contributed by atoms with Crippen LogP contribution in [0.1, 0.15) is 52.9 Å². The lowest BCUT2D eigenvalue weighted by molar-refractivity contribution is -0.129. The standard InChI is InChI=1S/C17H33N3O2/c1-13(2)16(18-4)17(22)19-15(14(3)21)9-8-12-20-10-6-5-7-11-20/h13,15-16,18H,5-12H2,1-4H3,(H,19,22). The van der Waals surface area contributed by atoms with Crippen molar-refractivity contribution in [2.75, 3.05) is 26.7 Å². The van der Waals surface area contributed by atoms with Crippen LogP contribution < -0.4 is 10.6 Å². The molecule has 5 nitrogen and oxygen atoms in total. The number of carbonyl (C=O) groups excluding carboxylic acids is 2. The first-order valence-electron chi connectivity index (χ1n) is 8.66. The van der Waals surface area contributed by atoms with Gasteiger partial charge in [-0.25, -0.2) is 0 Å². The van der Waals surface area contributed by atoms with Gasteiger partial charge in [0.1, 0.15) is 0 Å². The van der Waals surface area contributed by atoms with Crippen LogP contribution >= 0.6 is 0 Å². The highest BCUT2D eigenvalue weighted by Crippen LogP contribution is 2.10. The van der Waals surface area contributed by atoms with Gasteiger partial charge in [-0.1, -0.05) is 20.3 Å². The molecule has 0 saturated carbocycles. The van der Waals surface area contributed by atoms with Crippen LogP contribution in [0, 0.1) is 5.92 Å². The molecule has 1 rings (SSSR count). The fourth-order valence-electron chi connectivity index (χ4n) is 3.11. The molecule has 0 aromatic carbocycles. The summed E-state index contributed by atoms with van der Waals surface area (Å²) in [6.07, 6.45) is 5.59. The number of likely N-dealkylation sites (N-methyl/N-ethyl adjacent to an activating group) is 1. The van der Waals surface area contributed by atoms with Crippen molar-refractivity contribution in [1.82, 2.24) is 15.5 Å². The van der Waals surface area contributed by atoms with Gasteiger partial charge in [0, 0.05) is 0 Å². The van der Waals surface area contributed by atoms with Crippen LogP contribution in [0.3, 0.4) is 0 Å². The SMILES string of the molecule is CNC(C(=O)NC(CCCN1CCCCC1)C(C)=O)C(C)C. The molecule has 0 aliphatic carbocycles. The van der Waals surface area contributed by atoms with Crippen LogP contribution in [0.5, 0.6) is 0 Å². The maximum Gasteiger partial charge on any atom is 0.237 e. The maximum absolute atomic E-state index is 12.3. The predicted octanol–water partition coefficient (Wildman–Crippen LogP) is 1.57. The molecule has 0 aromatic rings. The Hall–Kier alpha value is -0.940. The fraction of sp³-hybridized carbons (Fsp3) is 0.882. The molecular weight excluding hydrogens is 278 g/mol. The summed E-state index contributed by atoms with van der Waals surface area (Å²) in [6, 6.07) is -0.601. The number of piperidine rings is 1. The van der Waals surface area contributed by atoms with Crippen LogP contribution in [-0.4, -0.2) is 55.4 Å². The van der Waals surface area contributed by atoms with Crippen molar-refractivity contribution in [1.29, 1.82) is 0 Å². The zero-order chi connectivity index (χ0) is 16.5. The Morgan fingerprint density at radius 2 is 1.77 bits per heavy atom. The Morgan fingerprint density at radius 3 is 2.27 bits per heavy atom. The number of nitrogens with one attached hydrogen (secondary N) is 2. The molecule has 2 unspecified atom stereocenters. The summed E-state index contributed by atoms with van der Waals surface area (Å²) in [5.41, 5.74) is 0. The number of nitrogens with zero attached hydrogens (tertiary/aromatic N) is 1. The number of likely N-dealkylation sites (tertiary alicyclic amines) is 1.